The molecule has 2 atom stereocenters. The molecule has 2 unspecified atom stereocenters. The van der Waals surface area contributed by atoms with Gasteiger partial charge >= 0.3 is 0 Å². The molecular formula is C17H27NS. The Hall–Kier alpha value is -0.470. The van der Waals surface area contributed by atoms with Crippen molar-refractivity contribution in [3.05, 3.63) is 34.9 Å². The van der Waals surface area contributed by atoms with Crippen molar-refractivity contribution in [2.24, 2.45) is 5.92 Å². The summed E-state index contributed by atoms with van der Waals surface area (Å²) in [7, 11) is 2.12. The SMILES string of the molecule is CNC1CCCC1CCSCc1cc(C)cc(C)c1. The first-order valence-corrected chi connectivity index (χ1v) is 8.66. The van der Waals surface area contributed by atoms with Gasteiger partial charge in [0.15, 0.2) is 0 Å². The maximum Gasteiger partial charge on any atom is 0.0184 e. The van der Waals surface area contributed by atoms with Gasteiger partial charge in [0.05, 0.1) is 0 Å². The van der Waals surface area contributed by atoms with E-state index in [1.165, 1.54) is 53.9 Å². The van der Waals surface area contributed by atoms with E-state index in [1.54, 1.807) is 0 Å². The van der Waals surface area contributed by atoms with Gasteiger partial charge < -0.3 is 5.32 Å². The smallest absolute Gasteiger partial charge is 0.0184 e. The van der Waals surface area contributed by atoms with Gasteiger partial charge in [-0.15, -0.1) is 0 Å². The average Bonchev–Trinajstić information content (AvgIpc) is 2.81. The summed E-state index contributed by atoms with van der Waals surface area (Å²) < 4.78 is 0. The standard InChI is InChI=1S/C17H27NS/c1-13-9-14(2)11-15(10-13)12-19-8-7-16-5-4-6-17(16)18-3/h9-11,16-18H,4-8,12H2,1-3H3. The van der Waals surface area contributed by atoms with Crippen molar-refractivity contribution in [1.82, 2.24) is 5.32 Å². The molecule has 19 heavy (non-hydrogen) atoms. The Bertz CT molecular complexity index is 382. The molecule has 1 aromatic rings. The van der Waals surface area contributed by atoms with E-state index in [9.17, 15) is 0 Å². The summed E-state index contributed by atoms with van der Waals surface area (Å²) in [5.41, 5.74) is 4.27. The highest BCUT2D eigenvalue weighted by Crippen LogP contribution is 2.29. The monoisotopic (exact) mass is 277 g/mol. The maximum atomic E-state index is 3.48. The van der Waals surface area contributed by atoms with Gasteiger partial charge in [-0.25, -0.2) is 0 Å². The molecule has 2 rings (SSSR count). The lowest BCUT2D eigenvalue weighted by Crippen LogP contribution is -2.29. The van der Waals surface area contributed by atoms with E-state index in [4.69, 9.17) is 0 Å². The number of hydrogen-bond acceptors (Lipinski definition) is 2. The van der Waals surface area contributed by atoms with Crippen molar-refractivity contribution in [3.8, 4) is 0 Å². The third-order valence-corrected chi connectivity index (χ3v) is 5.27. The fraction of sp³-hybridized carbons (Fsp3) is 0.647. The first-order chi connectivity index (χ1) is 9.19. The number of rotatable bonds is 6. The van der Waals surface area contributed by atoms with Crippen molar-refractivity contribution in [1.29, 1.82) is 0 Å². The van der Waals surface area contributed by atoms with Crippen molar-refractivity contribution >= 4 is 11.8 Å². The molecule has 0 aromatic heterocycles. The Kier molecular flexibility index (Phi) is 5.77. The van der Waals surface area contributed by atoms with Crippen LogP contribution in [0.2, 0.25) is 0 Å². The van der Waals surface area contributed by atoms with Crippen LogP contribution in [0.15, 0.2) is 18.2 Å². The van der Waals surface area contributed by atoms with E-state index in [2.05, 4.69) is 56.2 Å². The summed E-state index contributed by atoms with van der Waals surface area (Å²) >= 11 is 2.10. The largest absolute Gasteiger partial charge is 0.317 e. The molecular weight excluding hydrogens is 250 g/mol. The quantitative estimate of drug-likeness (QED) is 0.777. The summed E-state index contributed by atoms with van der Waals surface area (Å²) in [4.78, 5) is 0. The molecule has 0 saturated heterocycles. The Labute approximate surface area is 122 Å². The van der Waals surface area contributed by atoms with Crippen LogP contribution in [0.3, 0.4) is 0 Å². The van der Waals surface area contributed by atoms with Gasteiger partial charge in [0.25, 0.3) is 0 Å². The van der Waals surface area contributed by atoms with Crippen LogP contribution in [-0.4, -0.2) is 18.8 Å². The number of benzene rings is 1. The predicted octanol–water partition coefficient (Wildman–Crippen LogP) is 4.31. The van der Waals surface area contributed by atoms with Crippen molar-refractivity contribution in [2.45, 2.75) is 51.3 Å². The zero-order chi connectivity index (χ0) is 13.7. The van der Waals surface area contributed by atoms with Crippen LogP contribution in [0.5, 0.6) is 0 Å². The lowest BCUT2D eigenvalue weighted by atomic mass is 10.0. The molecule has 0 aliphatic heterocycles. The molecule has 0 spiro atoms. The summed E-state index contributed by atoms with van der Waals surface area (Å²) in [5, 5.41) is 3.48. The van der Waals surface area contributed by atoms with Gasteiger partial charge in [-0.2, -0.15) is 11.8 Å². The summed E-state index contributed by atoms with van der Waals surface area (Å²) in [6, 6.07) is 7.68. The fourth-order valence-corrected chi connectivity index (χ4v) is 4.36. The lowest BCUT2D eigenvalue weighted by molar-refractivity contribution is 0.417. The van der Waals surface area contributed by atoms with Crippen LogP contribution in [0.4, 0.5) is 0 Å². The zero-order valence-electron chi connectivity index (χ0n) is 12.5. The fourth-order valence-electron chi connectivity index (χ4n) is 3.34. The van der Waals surface area contributed by atoms with E-state index in [-0.39, 0.29) is 0 Å². The van der Waals surface area contributed by atoms with Crippen LogP contribution in [0.25, 0.3) is 0 Å². The average molecular weight is 277 g/mol. The van der Waals surface area contributed by atoms with E-state index >= 15 is 0 Å². The van der Waals surface area contributed by atoms with E-state index in [0.29, 0.717) is 0 Å². The van der Waals surface area contributed by atoms with E-state index in [0.717, 1.165) is 12.0 Å². The van der Waals surface area contributed by atoms with Crippen LogP contribution in [0.1, 0.15) is 42.4 Å². The maximum absolute atomic E-state index is 3.48. The van der Waals surface area contributed by atoms with Gasteiger partial charge in [-0.05, 0) is 57.4 Å². The van der Waals surface area contributed by atoms with Crippen molar-refractivity contribution in [2.75, 3.05) is 12.8 Å². The van der Waals surface area contributed by atoms with Crippen molar-refractivity contribution in [3.63, 3.8) is 0 Å². The van der Waals surface area contributed by atoms with Crippen molar-refractivity contribution < 1.29 is 0 Å². The normalized spacial score (nSPS) is 22.9. The molecule has 106 valence electrons. The molecule has 0 radical (unpaired) electrons. The first-order valence-electron chi connectivity index (χ1n) is 7.51. The molecule has 1 N–H and O–H groups in total. The second-order valence-corrected chi connectivity index (χ2v) is 7.03. The number of aryl methyl sites for hydroxylation is 2. The Morgan fingerprint density at radius 1 is 1.16 bits per heavy atom. The van der Waals surface area contributed by atoms with Gasteiger partial charge in [-0.1, -0.05) is 35.7 Å². The van der Waals surface area contributed by atoms with Gasteiger partial charge in [0.1, 0.15) is 0 Å². The highest BCUT2D eigenvalue weighted by molar-refractivity contribution is 7.98. The Balaban J connectivity index is 1.71. The molecule has 1 fully saturated rings. The summed E-state index contributed by atoms with van der Waals surface area (Å²) in [6.07, 6.45) is 5.59. The lowest BCUT2D eigenvalue weighted by Gasteiger charge is -2.18. The molecule has 1 saturated carbocycles. The van der Waals surface area contributed by atoms with Crippen LogP contribution in [0, 0.1) is 19.8 Å². The second-order valence-electron chi connectivity index (χ2n) is 5.92. The number of hydrogen-bond donors (Lipinski definition) is 1. The molecule has 2 heteroatoms. The highest BCUT2D eigenvalue weighted by Gasteiger charge is 2.24. The van der Waals surface area contributed by atoms with Crippen LogP contribution >= 0.6 is 11.8 Å². The minimum absolute atomic E-state index is 0.779. The molecule has 0 amide bonds. The second kappa shape index (κ2) is 7.35. The molecule has 1 aliphatic rings. The minimum atomic E-state index is 0.779. The molecule has 1 nitrogen and oxygen atoms in total. The topological polar surface area (TPSA) is 12.0 Å². The predicted molar refractivity (Wildman–Crippen MR) is 86.9 cm³/mol. The molecule has 1 aromatic carbocycles. The molecule has 0 heterocycles. The molecule has 1 aliphatic carbocycles. The number of thioether (sulfide) groups is 1. The van der Waals surface area contributed by atoms with Gasteiger partial charge in [0, 0.05) is 11.8 Å². The number of nitrogens with one attached hydrogen (secondary N) is 1. The minimum Gasteiger partial charge on any atom is -0.317 e. The van der Waals surface area contributed by atoms with Crippen LogP contribution < -0.4 is 5.32 Å². The summed E-state index contributed by atoms with van der Waals surface area (Å²) in [6.45, 7) is 4.38. The van der Waals surface area contributed by atoms with Crippen LogP contribution in [-0.2, 0) is 5.75 Å². The Morgan fingerprint density at radius 3 is 2.58 bits per heavy atom. The van der Waals surface area contributed by atoms with Gasteiger partial charge in [0.2, 0.25) is 0 Å². The zero-order valence-corrected chi connectivity index (χ0v) is 13.4. The molecule has 0 bridgehead atoms. The van der Waals surface area contributed by atoms with E-state index in [1.807, 2.05) is 0 Å². The van der Waals surface area contributed by atoms with E-state index < -0.39 is 0 Å². The Morgan fingerprint density at radius 2 is 1.89 bits per heavy atom. The third kappa shape index (κ3) is 4.54. The summed E-state index contributed by atoms with van der Waals surface area (Å²) in [5.74, 6) is 3.38. The highest BCUT2D eigenvalue weighted by atomic mass is 32.2. The van der Waals surface area contributed by atoms with Gasteiger partial charge in [-0.3, -0.25) is 0 Å². The first kappa shape index (κ1) is 14.9. The third-order valence-electron chi connectivity index (χ3n) is 4.21.